The first-order valence-electron chi connectivity index (χ1n) is 10.4. The van der Waals surface area contributed by atoms with Crippen molar-refractivity contribution in [2.24, 2.45) is 4.99 Å². The van der Waals surface area contributed by atoms with Crippen molar-refractivity contribution in [3.63, 3.8) is 0 Å². The minimum atomic E-state index is -0.180. The maximum atomic E-state index is 6.33. The maximum Gasteiger partial charge on any atom is 0.238 e. The summed E-state index contributed by atoms with van der Waals surface area (Å²) >= 11 is 12.4. The molecule has 4 aromatic rings. The third kappa shape index (κ3) is 3.78. The summed E-state index contributed by atoms with van der Waals surface area (Å²) in [6.45, 7) is 1.33. The molecule has 1 atom stereocenters. The van der Waals surface area contributed by atoms with E-state index in [0.717, 1.165) is 28.3 Å². The molecule has 2 aliphatic heterocycles. The first-order valence-corrected chi connectivity index (χ1v) is 11.1. The van der Waals surface area contributed by atoms with E-state index in [9.17, 15) is 0 Å². The molecule has 6 rings (SSSR count). The Hall–Kier alpha value is -2.85. The molecule has 174 valence electrons. The smallest absolute Gasteiger partial charge is 0.238 e. The number of nitrogens with zero attached hydrogens (tertiary/aromatic N) is 6. The topological polar surface area (TPSA) is 79.3 Å². The summed E-state index contributed by atoms with van der Waals surface area (Å²) in [7, 11) is 1.64. The molecule has 34 heavy (non-hydrogen) atoms. The molecule has 0 saturated carbocycles. The van der Waals surface area contributed by atoms with Crippen molar-refractivity contribution >= 4 is 42.6 Å². The van der Waals surface area contributed by atoms with Crippen LogP contribution >= 0.6 is 36.7 Å². The zero-order valence-corrected chi connectivity index (χ0v) is 20.6. The lowest BCUT2D eigenvalue weighted by Gasteiger charge is -2.13. The summed E-state index contributed by atoms with van der Waals surface area (Å²) in [5, 5.41) is 10.1. The van der Waals surface area contributed by atoms with Crippen LogP contribution in [0.2, 0.25) is 10.0 Å². The second-order valence-corrected chi connectivity index (χ2v) is 8.71. The molecule has 0 aliphatic carbocycles. The second-order valence-electron chi connectivity index (χ2n) is 7.83. The van der Waals surface area contributed by atoms with Crippen molar-refractivity contribution in [1.82, 2.24) is 24.3 Å². The van der Waals surface area contributed by atoms with Crippen LogP contribution in [0.15, 0.2) is 53.8 Å². The third-order valence-corrected chi connectivity index (χ3v) is 6.32. The largest absolute Gasteiger partial charge is 0.466 e. The average molecular weight is 515 g/mol. The van der Waals surface area contributed by atoms with E-state index in [-0.39, 0.29) is 19.6 Å². The maximum absolute atomic E-state index is 6.33. The van der Waals surface area contributed by atoms with Crippen molar-refractivity contribution in [2.75, 3.05) is 13.7 Å². The summed E-state index contributed by atoms with van der Waals surface area (Å²) in [5.41, 5.74) is 4.42. The Morgan fingerprint density at radius 1 is 1.09 bits per heavy atom. The monoisotopic (exact) mass is 514 g/mol. The van der Waals surface area contributed by atoms with Gasteiger partial charge in [-0.1, -0.05) is 35.3 Å². The highest BCUT2D eigenvalue weighted by atomic mass is 35.5. The number of hydrogen-bond donors (Lipinski definition) is 0. The highest BCUT2D eigenvalue weighted by Crippen LogP contribution is 2.35. The summed E-state index contributed by atoms with van der Waals surface area (Å²) in [6.07, 6.45) is 1.61. The van der Waals surface area contributed by atoms with Crippen LogP contribution in [0.3, 0.4) is 0 Å². The normalized spacial score (nSPS) is 16.0. The minimum Gasteiger partial charge on any atom is -0.466 e. The molecule has 0 radical (unpaired) electrons. The molecule has 0 amide bonds. The van der Waals surface area contributed by atoms with Crippen molar-refractivity contribution in [3.8, 4) is 17.1 Å². The van der Waals surface area contributed by atoms with Crippen LogP contribution in [0, 0.1) is 0 Å². The Morgan fingerprint density at radius 3 is 2.68 bits per heavy atom. The number of ether oxygens (including phenoxy) is 2. The van der Waals surface area contributed by atoms with E-state index in [2.05, 4.69) is 20.2 Å². The molecule has 0 bridgehead atoms. The van der Waals surface area contributed by atoms with Crippen LogP contribution in [0.4, 0.5) is 0 Å². The fourth-order valence-electron chi connectivity index (χ4n) is 4.25. The van der Waals surface area contributed by atoms with Gasteiger partial charge in [-0.15, -0.1) is 10.2 Å². The number of hydrogen-bond acceptors (Lipinski definition) is 6. The predicted octanol–water partition coefficient (Wildman–Crippen LogP) is 4.58. The SMILES string of the molecule is COCc1nnc2n1Cc1c(C3=NC[C@H](c4ccc(Cl)cc4)O3)ncn1-c1ccc(Cl)cc1-2.S. The molecule has 2 aromatic heterocycles. The third-order valence-electron chi connectivity index (χ3n) is 5.83. The number of aliphatic imine (C=N–C) groups is 1. The summed E-state index contributed by atoms with van der Waals surface area (Å²) in [6, 6.07) is 13.3. The molecular weight excluding hydrogens is 495 g/mol. The fraction of sp³-hybridized carbons (Fsp3) is 0.217. The molecule has 0 spiro atoms. The van der Waals surface area contributed by atoms with Gasteiger partial charge in [0.05, 0.1) is 24.5 Å². The summed E-state index contributed by atoms with van der Waals surface area (Å²) in [5.74, 6) is 1.96. The van der Waals surface area contributed by atoms with Gasteiger partial charge in [-0.3, -0.25) is 4.57 Å². The number of fused-ring (bicyclic) bond motifs is 5. The van der Waals surface area contributed by atoms with Gasteiger partial charge < -0.3 is 14.0 Å². The molecule has 0 N–H and O–H groups in total. The highest BCUT2D eigenvalue weighted by molar-refractivity contribution is 7.59. The fourth-order valence-corrected chi connectivity index (χ4v) is 4.55. The molecule has 2 aromatic carbocycles. The molecule has 8 nitrogen and oxygen atoms in total. The zero-order chi connectivity index (χ0) is 22.5. The van der Waals surface area contributed by atoms with E-state index in [1.54, 1.807) is 13.4 Å². The Morgan fingerprint density at radius 2 is 1.88 bits per heavy atom. The Balaban J connectivity index is 0.00000241. The molecular formula is C23H20Cl2N6O2S. The van der Waals surface area contributed by atoms with Crippen molar-refractivity contribution < 1.29 is 9.47 Å². The highest BCUT2D eigenvalue weighted by Gasteiger charge is 2.31. The van der Waals surface area contributed by atoms with E-state index in [0.29, 0.717) is 47.2 Å². The van der Waals surface area contributed by atoms with E-state index in [4.69, 9.17) is 32.7 Å². The predicted molar refractivity (Wildman–Crippen MR) is 134 cm³/mol. The zero-order valence-electron chi connectivity index (χ0n) is 18.1. The Labute approximate surface area is 212 Å². The molecule has 11 heteroatoms. The van der Waals surface area contributed by atoms with Crippen molar-refractivity contribution in [2.45, 2.75) is 19.3 Å². The van der Waals surface area contributed by atoms with Gasteiger partial charge in [-0.05, 0) is 35.9 Å². The van der Waals surface area contributed by atoms with Crippen LogP contribution in [0.5, 0.6) is 0 Å². The number of imidazole rings is 1. The lowest BCUT2D eigenvalue weighted by molar-refractivity contribution is 0.174. The summed E-state index contributed by atoms with van der Waals surface area (Å²) in [4.78, 5) is 9.35. The number of benzene rings is 2. The average Bonchev–Trinajstić information content (AvgIpc) is 3.53. The summed E-state index contributed by atoms with van der Waals surface area (Å²) < 4.78 is 15.6. The van der Waals surface area contributed by atoms with Gasteiger partial charge in [-0.2, -0.15) is 13.5 Å². The van der Waals surface area contributed by atoms with Crippen molar-refractivity contribution in [1.29, 1.82) is 0 Å². The van der Waals surface area contributed by atoms with E-state index in [1.165, 1.54) is 0 Å². The van der Waals surface area contributed by atoms with Crippen LogP contribution in [-0.4, -0.2) is 43.9 Å². The van der Waals surface area contributed by atoms with Gasteiger partial charge in [0.25, 0.3) is 0 Å². The van der Waals surface area contributed by atoms with Gasteiger partial charge in [0.1, 0.15) is 24.7 Å². The molecule has 0 fully saturated rings. The van der Waals surface area contributed by atoms with Crippen molar-refractivity contribution in [3.05, 3.63) is 81.6 Å². The van der Waals surface area contributed by atoms with Crippen LogP contribution in [-0.2, 0) is 22.6 Å². The van der Waals surface area contributed by atoms with E-state index in [1.807, 2.05) is 51.6 Å². The first-order chi connectivity index (χ1) is 16.1. The van der Waals surface area contributed by atoms with Gasteiger partial charge >= 0.3 is 0 Å². The van der Waals surface area contributed by atoms with Gasteiger partial charge in [0, 0.05) is 22.7 Å². The Kier molecular flexibility index (Phi) is 6.11. The molecule has 4 heterocycles. The number of methoxy groups -OCH3 is 1. The van der Waals surface area contributed by atoms with E-state index >= 15 is 0 Å². The van der Waals surface area contributed by atoms with Gasteiger partial charge in [0.15, 0.2) is 11.6 Å². The van der Waals surface area contributed by atoms with E-state index < -0.39 is 0 Å². The standard InChI is InChI=1S/C23H18Cl2N6O2.H2S/c1-32-11-20-28-29-22-16-8-15(25)6-7-17(16)31-12-27-21(18(31)10-30(20)22)23-26-9-19(33-23)13-2-4-14(24)5-3-13;/h2-8,12,19H,9-11H2,1H3;1H2/t19-;/m1./s1. The second kappa shape index (κ2) is 9.07. The quantitative estimate of drug-likeness (QED) is 0.350. The number of rotatable bonds is 4. The first kappa shape index (κ1) is 22.9. The lowest BCUT2D eigenvalue weighted by atomic mass is 10.1. The molecule has 0 unspecified atom stereocenters. The molecule has 2 aliphatic rings. The lowest BCUT2D eigenvalue weighted by Crippen LogP contribution is -2.13. The minimum absolute atomic E-state index is 0. The molecule has 0 saturated heterocycles. The van der Waals surface area contributed by atoms with Gasteiger partial charge in [0.2, 0.25) is 5.90 Å². The van der Waals surface area contributed by atoms with Crippen LogP contribution < -0.4 is 0 Å². The Bertz CT molecular complexity index is 1400. The number of halogens is 2. The van der Waals surface area contributed by atoms with Crippen LogP contribution in [0.25, 0.3) is 17.1 Å². The van der Waals surface area contributed by atoms with Gasteiger partial charge in [-0.25, -0.2) is 9.98 Å². The van der Waals surface area contributed by atoms with Crippen LogP contribution in [0.1, 0.15) is 28.9 Å². The number of aromatic nitrogens is 5.